The Morgan fingerprint density at radius 3 is 2.17 bits per heavy atom. The molecule has 1 aliphatic heterocycles. The van der Waals surface area contributed by atoms with Crippen LogP contribution in [0.25, 0.3) is 12.2 Å². The summed E-state index contributed by atoms with van der Waals surface area (Å²) in [4.78, 5) is 2.57. The van der Waals surface area contributed by atoms with Gasteiger partial charge in [0.15, 0.2) is 12.4 Å². The maximum absolute atomic E-state index is 2.57. The van der Waals surface area contributed by atoms with Crippen LogP contribution in [0.3, 0.4) is 0 Å². The molecule has 1 saturated heterocycles. The zero-order chi connectivity index (χ0) is 25.5. The van der Waals surface area contributed by atoms with Crippen LogP contribution in [-0.4, -0.2) is 54.6 Å². The molecule has 1 aromatic carbocycles. The summed E-state index contributed by atoms with van der Waals surface area (Å²) in [5.41, 5.74) is 3.83. The SMILES string of the molecule is Cn1cc[n+](C)c1SCCCC[N+](C)(C)C1CCN(c2ccc(/C=C/c3cc[n+](C)cc3)cc2)CC1. The molecule has 2 aromatic heterocycles. The molecule has 1 aliphatic rings. The lowest BCUT2D eigenvalue weighted by molar-refractivity contribution is -0.916. The van der Waals surface area contributed by atoms with E-state index in [-0.39, 0.29) is 0 Å². The lowest BCUT2D eigenvalue weighted by Gasteiger charge is -2.43. The highest BCUT2D eigenvalue weighted by atomic mass is 32.2. The highest BCUT2D eigenvalue weighted by Gasteiger charge is 2.31. The third-order valence-electron chi connectivity index (χ3n) is 7.66. The van der Waals surface area contributed by atoms with Crippen LogP contribution in [0, 0.1) is 0 Å². The van der Waals surface area contributed by atoms with E-state index in [0.717, 1.165) is 23.6 Å². The van der Waals surface area contributed by atoms with Gasteiger partial charge in [0.1, 0.15) is 19.4 Å². The second-order valence-electron chi connectivity index (χ2n) is 10.8. The van der Waals surface area contributed by atoms with Crippen LogP contribution in [0.2, 0.25) is 0 Å². The van der Waals surface area contributed by atoms with Crippen LogP contribution < -0.4 is 14.0 Å². The van der Waals surface area contributed by atoms with Crippen molar-refractivity contribution in [3.63, 3.8) is 0 Å². The van der Waals surface area contributed by atoms with E-state index in [1.807, 2.05) is 18.8 Å². The number of thioether (sulfide) groups is 1. The van der Waals surface area contributed by atoms with Crippen LogP contribution in [0.5, 0.6) is 0 Å². The number of benzene rings is 1. The predicted molar refractivity (Wildman–Crippen MR) is 152 cm³/mol. The lowest BCUT2D eigenvalue weighted by atomic mass is 10.00. The number of quaternary nitrogens is 1. The quantitative estimate of drug-likeness (QED) is 0.175. The summed E-state index contributed by atoms with van der Waals surface area (Å²) in [6, 6.07) is 14.1. The van der Waals surface area contributed by atoms with E-state index in [9.17, 15) is 0 Å². The molecule has 0 unspecified atom stereocenters. The number of aryl methyl sites for hydroxylation is 3. The summed E-state index contributed by atoms with van der Waals surface area (Å²) < 4.78 is 7.64. The normalized spacial score (nSPS) is 15.2. The van der Waals surface area contributed by atoms with Gasteiger partial charge in [-0.1, -0.05) is 24.3 Å². The molecule has 3 aromatic rings. The van der Waals surface area contributed by atoms with Gasteiger partial charge in [-0.15, -0.1) is 0 Å². The van der Waals surface area contributed by atoms with Crippen LogP contribution in [0.4, 0.5) is 5.69 Å². The third-order valence-corrected chi connectivity index (χ3v) is 8.99. The molecule has 36 heavy (non-hydrogen) atoms. The van der Waals surface area contributed by atoms with Crippen molar-refractivity contribution in [2.45, 2.75) is 36.9 Å². The average molecular weight is 507 g/mol. The molecule has 5 nitrogen and oxygen atoms in total. The van der Waals surface area contributed by atoms with Crippen LogP contribution in [0.15, 0.2) is 66.3 Å². The van der Waals surface area contributed by atoms with Crippen molar-refractivity contribution in [3.05, 3.63) is 72.3 Å². The Kier molecular flexibility index (Phi) is 8.91. The smallest absolute Gasteiger partial charge is 0.317 e. The highest BCUT2D eigenvalue weighted by Crippen LogP contribution is 2.26. The molecule has 0 amide bonds. The van der Waals surface area contributed by atoms with Gasteiger partial charge in [-0.3, -0.25) is 0 Å². The third kappa shape index (κ3) is 7.01. The molecule has 0 aliphatic carbocycles. The second kappa shape index (κ2) is 12.1. The zero-order valence-corrected chi connectivity index (χ0v) is 23.6. The van der Waals surface area contributed by atoms with Crippen molar-refractivity contribution in [1.82, 2.24) is 4.57 Å². The van der Waals surface area contributed by atoms with Crippen LogP contribution >= 0.6 is 11.8 Å². The van der Waals surface area contributed by atoms with Crippen molar-refractivity contribution in [2.24, 2.45) is 21.1 Å². The monoisotopic (exact) mass is 506 g/mol. The second-order valence-corrected chi connectivity index (χ2v) is 11.9. The minimum absolute atomic E-state index is 0.759. The number of anilines is 1. The number of piperidine rings is 1. The summed E-state index contributed by atoms with van der Waals surface area (Å²) >= 11 is 1.97. The van der Waals surface area contributed by atoms with E-state index in [2.05, 4.69) is 120 Å². The topological polar surface area (TPSA) is 15.9 Å². The minimum Gasteiger partial charge on any atom is -0.371 e. The zero-order valence-electron chi connectivity index (χ0n) is 22.8. The van der Waals surface area contributed by atoms with Gasteiger partial charge in [-0.25, -0.2) is 13.7 Å². The number of aromatic nitrogens is 3. The summed E-state index contributed by atoms with van der Waals surface area (Å²) in [6.07, 6.45) is 17.9. The number of unbranched alkanes of at least 4 members (excludes halogenated alkanes) is 1. The fourth-order valence-electron chi connectivity index (χ4n) is 5.18. The van der Waals surface area contributed by atoms with E-state index in [1.54, 1.807) is 0 Å². The first kappa shape index (κ1) is 26.5. The molecule has 0 radical (unpaired) electrons. The average Bonchev–Trinajstić information content (AvgIpc) is 3.21. The van der Waals surface area contributed by atoms with Gasteiger partial charge in [0, 0.05) is 49.5 Å². The predicted octanol–water partition coefficient (Wildman–Crippen LogP) is 4.46. The maximum atomic E-state index is 2.57. The summed E-state index contributed by atoms with van der Waals surface area (Å²) in [5, 5.41) is 1.34. The largest absolute Gasteiger partial charge is 0.371 e. The molecular formula is C30H44N5S+3. The molecular weight excluding hydrogens is 462 g/mol. The first-order valence-electron chi connectivity index (χ1n) is 13.3. The van der Waals surface area contributed by atoms with Crippen molar-refractivity contribution >= 4 is 29.6 Å². The summed E-state index contributed by atoms with van der Waals surface area (Å²) in [7, 11) is 11.2. The standard InChI is InChI=1S/C30H44N5S/c1-31-18-14-27(15-19-31)9-8-26-10-12-28(13-11-26)34-20-16-29(17-21-34)35(4,5)24-6-7-25-36-30-32(2)22-23-33(30)3/h8-15,18-19,22-23,29H,6-7,16-17,20-21,24-25H2,1-5H3/q+3. The van der Waals surface area contributed by atoms with Crippen molar-refractivity contribution in [2.75, 3.05) is 44.4 Å². The molecule has 0 spiro atoms. The molecule has 0 N–H and O–H groups in total. The van der Waals surface area contributed by atoms with E-state index in [0.29, 0.717) is 0 Å². The molecule has 3 heterocycles. The minimum atomic E-state index is 0.759. The number of pyridine rings is 1. The Bertz CT molecular complexity index is 1100. The van der Waals surface area contributed by atoms with E-state index < -0.39 is 0 Å². The van der Waals surface area contributed by atoms with Gasteiger partial charge in [-0.2, -0.15) is 0 Å². The number of imidazole rings is 1. The molecule has 0 atom stereocenters. The molecule has 192 valence electrons. The van der Waals surface area contributed by atoms with Gasteiger partial charge in [0.2, 0.25) is 0 Å². The molecule has 0 bridgehead atoms. The Morgan fingerprint density at radius 2 is 1.56 bits per heavy atom. The first-order valence-corrected chi connectivity index (χ1v) is 14.3. The van der Waals surface area contributed by atoms with Crippen molar-refractivity contribution in [3.8, 4) is 0 Å². The fraction of sp³-hybridized carbons (Fsp3) is 0.467. The number of hydrogen-bond acceptors (Lipinski definition) is 2. The lowest BCUT2D eigenvalue weighted by Crippen LogP contribution is -2.54. The number of hydrogen-bond donors (Lipinski definition) is 0. The van der Waals surface area contributed by atoms with Gasteiger partial charge in [0.05, 0.1) is 40.8 Å². The Labute approximate surface area is 222 Å². The highest BCUT2D eigenvalue weighted by molar-refractivity contribution is 7.99. The van der Waals surface area contributed by atoms with E-state index >= 15 is 0 Å². The first-order chi connectivity index (χ1) is 17.3. The molecule has 4 rings (SSSR count). The van der Waals surface area contributed by atoms with Crippen LogP contribution in [-0.2, 0) is 21.1 Å². The van der Waals surface area contributed by atoms with Crippen molar-refractivity contribution < 1.29 is 13.6 Å². The Morgan fingerprint density at radius 1 is 0.917 bits per heavy atom. The number of rotatable bonds is 10. The van der Waals surface area contributed by atoms with E-state index in [1.165, 1.54) is 60.0 Å². The van der Waals surface area contributed by atoms with Crippen molar-refractivity contribution in [1.29, 1.82) is 0 Å². The summed E-state index contributed by atoms with van der Waals surface area (Å²) in [5.74, 6) is 1.19. The van der Waals surface area contributed by atoms with Gasteiger partial charge in [-0.05, 0) is 47.9 Å². The Balaban J connectivity index is 1.20. The fourth-order valence-corrected chi connectivity index (χ4v) is 6.24. The Hall–Kier alpha value is -2.57. The maximum Gasteiger partial charge on any atom is 0.317 e. The molecule has 6 heteroatoms. The van der Waals surface area contributed by atoms with Crippen LogP contribution in [0.1, 0.15) is 36.8 Å². The molecule has 0 saturated carbocycles. The van der Waals surface area contributed by atoms with Gasteiger partial charge < -0.3 is 9.38 Å². The molecule has 1 fully saturated rings. The number of nitrogens with zero attached hydrogens (tertiary/aromatic N) is 5. The van der Waals surface area contributed by atoms with Gasteiger partial charge >= 0.3 is 5.16 Å². The van der Waals surface area contributed by atoms with E-state index in [4.69, 9.17) is 0 Å². The summed E-state index contributed by atoms with van der Waals surface area (Å²) in [6.45, 7) is 3.58. The van der Waals surface area contributed by atoms with Gasteiger partial charge in [0.25, 0.3) is 0 Å².